The third-order valence-corrected chi connectivity index (χ3v) is 4.70. The average Bonchev–Trinajstić information content (AvgIpc) is 3.20. The fourth-order valence-corrected chi connectivity index (χ4v) is 3.19. The van der Waals surface area contributed by atoms with Crippen LogP contribution in [0.25, 0.3) is 0 Å². The van der Waals surface area contributed by atoms with E-state index in [1.165, 1.54) is 39.8 Å². The molecule has 0 spiro atoms. The van der Waals surface area contributed by atoms with Gasteiger partial charge in [0.25, 0.3) is 5.91 Å². The Morgan fingerprint density at radius 3 is 2.19 bits per heavy atom. The zero-order chi connectivity index (χ0) is 19.1. The summed E-state index contributed by atoms with van der Waals surface area (Å²) in [6.07, 6.45) is 0.0349. The third kappa shape index (κ3) is 4.45. The van der Waals surface area contributed by atoms with Crippen LogP contribution in [-0.4, -0.2) is 40.3 Å². The van der Waals surface area contributed by atoms with E-state index in [1.54, 1.807) is 12.1 Å². The molecular formula is C18H21NO6S. The number of carbonyl (C=O) groups excluding carboxylic acids is 2. The van der Waals surface area contributed by atoms with Crippen molar-refractivity contribution in [3.8, 4) is 17.2 Å². The fourth-order valence-electron chi connectivity index (χ4n) is 2.42. The van der Waals surface area contributed by atoms with Gasteiger partial charge >= 0.3 is 5.97 Å². The molecule has 0 aliphatic carbocycles. The van der Waals surface area contributed by atoms with Crippen molar-refractivity contribution in [2.75, 3.05) is 28.4 Å². The van der Waals surface area contributed by atoms with E-state index in [4.69, 9.17) is 18.9 Å². The van der Waals surface area contributed by atoms with E-state index in [9.17, 15) is 9.59 Å². The van der Waals surface area contributed by atoms with Gasteiger partial charge in [-0.25, -0.2) is 0 Å². The SMILES string of the molecule is COC(=O)CC(NC(=O)c1cc(OC)c(OC)c(OC)c1)c1cccs1. The Kier molecular flexibility index (Phi) is 6.85. The van der Waals surface area contributed by atoms with Crippen LogP contribution in [-0.2, 0) is 9.53 Å². The molecule has 0 aliphatic rings. The second-order valence-electron chi connectivity index (χ2n) is 5.24. The molecule has 7 nitrogen and oxygen atoms in total. The van der Waals surface area contributed by atoms with Gasteiger partial charge in [-0.1, -0.05) is 6.07 Å². The molecular weight excluding hydrogens is 358 g/mol. The van der Waals surface area contributed by atoms with Gasteiger partial charge in [-0.05, 0) is 23.6 Å². The Morgan fingerprint density at radius 2 is 1.73 bits per heavy atom. The Hall–Kier alpha value is -2.74. The summed E-state index contributed by atoms with van der Waals surface area (Å²) in [5, 5.41) is 4.74. The molecule has 0 fully saturated rings. The largest absolute Gasteiger partial charge is 0.493 e. The van der Waals surface area contributed by atoms with Crippen molar-refractivity contribution in [1.82, 2.24) is 5.32 Å². The van der Waals surface area contributed by atoms with Gasteiger partial charge in [0.1, 0.15) is 0 Å². The quantitative estimate of drug-likeness (QED) is 0.710. The molecule has 26 heavy (non-hydrogen) atoms. The second-order valence-corrected chi connectivity index (χ2v) is 6.22. The Bertz CT molecular complexity index is 734. The monoisotopic (exact) mass is 379 g/mol. The third-order valence-electron chi connectivity index (χ3n) is 3.72. The van der Waals surface area contributed by atoms with Gasteiger partial charge < -0.3 is 24.3 Å². The lowest BCUT2D eigenvalue weighted by molar-refractivity contribution is -0.141. The Morgan fingerprint density at radius 1 is 1.08 bits per heavy atom. The summed E-state index contributed by atoms with van der Waals surface area (Å²) in [5.41, 5.74) is 0.325. The van der Waals surface area contributed by atoms with Crippen LogP contribution in [0.2, 0.25) is 0 Å². The number of methoxy groups -OCH3 is 4. The van der Waals surface area contributed by atoms with Gasteiger partial charge in [-0.3, -0.25) is 9.59 Å². The van der Waals surface area contributed by atoms with Crippen molar-refractivity contribution in [3.05, 3.63) is 40.1 Å². The minimum absolute atomic E-state index is 0.0349. The lowest BCUT2D eigenvalue weighted by Gasteiger charge is -2.18. The smallest absolute Gasteiger partial charge is 0.307 e. The standard InChI is InChI=1S/C18H21NO6S/c1-22-13-8-11(9-14(23-2)17(13)25-4)18(21)19-12(10-16(20)24-3)15-6-5-7-26-15/h5-9,12H,10H2,1-4H3,(H,19,21). The Balaban J connectivity index is 2.30. The molecule has 1 amide bonds. The fraction of sp³-hybridized carbons (Fsp3) is 0.333. The molecule has 1 atom stereocenters. The summed E-state index contributed by atoms with van der Waals surface area (Å²) in [6, 6.07) is 6.33. The van der Waals surface area contributed by atoms with Crippen molar-refractivity contribution < 1.29 is 28.5 Å². The first-order valence-corrected chi connectivity index (χ1v) is 8.63. The summed E-state index contributed by atoms with van der Waals surface area (Å²) >= 11 is 1.45. The molecule has 0 radical (unpaired) electrons. The summed E-state index contributed by atoms with van der Waals surface area (Å²) in [4.78, 5) is 25.3. The van der Waals surface area contributed by atoms with Gasteiger partial charge in [-0.15, -0.1) is 11.3 Å². The molecule has 0 saturated heterocycles. The van der Waals surface area contributed by atoms with Gasteiger partial charge in [0.15, 0.2) is 11.5 Å². The number of nitrogens with one attached hydrogen (secondary N) is 1. The predicted molar refractivity (Wildman–Crippen MR) is 97.3 cm³/mol. The molecule has 2 aromatic rings. The van der Waals surface area contributed by atoms with Crippen LogP contribution in [0.4, 0.5) is 0 Å². The van der Waals surface area contributed by atoms with Crippen molar-refractivity contribution in [2.24, 2.45) is 0 Å². The zero-order valence-corrected chi connectivity index (χ0v) is 15.8. The first-order valence-electron chi connectivity index (χ1n) is 7.75. The number of hydrogen-bond acceptors (Lipinski definition) is 7. The van der Waals surface area contributed by atoms with E-state index in [-0.39, 0.29) is 12.3 Å². The van der Waals surface area contributed by atoms with Gasteiger partial charge in [-0.2, -0.15) is 0 Å². The number of amides is 1. The first kappa shape index (κ1) is 19.6. The number of rotatable bonds is 8. The highest BCUT2D eigenvalue weighted by atomic mass is 32.1. The highest BCUT2D eigenvalue weighted by Crippen LogP contribution is 2.38. The molecule has 8 heteroatoms. The summed E-state index contributed by atoms with van der Waals surface area (Å²) < 4.78 is 20.5. The van der Waals surface area contributed by atoms with Gasteiger partial charge in [0, 0.05) is 10.4 Å². The number of carbonyl (C=O) groups is 2. The number of esters is 1. The van der Waals surface area contributed by atoms with Crippen LogP contribution in [0.5, 0.6) is 17.2 Å². The molecule has 2 rings (SSSR count). The van der Waals surface area contributed by atoms with Crippen molar-refractivity contribution >= 4 is 23.2 Å². The summed E-state index contributed by atoms with van der Waals surface area (Å²) in [5.74, 6) is 0.367. The lowest BCUT2D eigenvalue weighted by atomic mass is 10.1. The van der Waals surface area contributed by atoms with Gasteiger partial charge in [0.2, 0.25) is 5.75 Å². The number of thiophene rings is 1. The second kappa shape index (κ2) is 9.10. The maximum atomic E-state index is 12.7. The van der Waals surface area contributed by atoms with Crippen LogP contribution in [0.1, 0.15) is 27.7 Å². The van der Waals surface area contributed by atoms with E-state index < -0.39 is 12.0 Å². The van der Waals surface area contributed by atoms with Crippen molar-refractivity contribution in [2.45, 2.75) is 12.5 Å². The molecule has 140 valence electrons. The summed E-state index contributed by atoms with van der Waals surface area (Å²) in [6.45, 7) is 0. The van der Waals surface area contributed by atoms with E-state index in [0.717, 1.165) is 4.88 Å². The van der Waals surface area contributed by atoms with Gasteiger partial charge in [0.05, 0.1) is 40.9 Å². The molecule has 1 aromatic heterocycles. The van der Waals surface area contributed by atoms with Crippen LogP contribution >= 0.6 is 11.3 Å². The molecule has 0 bridgehead atoms. The highest BCUT2D eigenvalue weighted by molar-refractivity contribution is 7.10. The molecule has 1 N–H and O–H groups in total. The molecule has 1 heterocycles. The summed E-state index contributed by atoms with van der Waals surface area (Å²) in [7, 11) is 5.76. The minimum atomic E-state index is -0.492. The highest BCUT2D eigenvalue weighted by Gasteiger charge is 2.23. The number of ether oxygens (including phenoxy) is 4. The molecule has 1 unspecified atom stereocenters. The topological polar surface area (TPSA) is 83.1 Å². The lowest BCUT2D eigenvalue weighted by Crippen LogP contribution is -2.30. The number of hydrogen-bond donors (Lipinski definition) is 1. The Labute approximate surface area is 155 Å². The first-order chi connectivity index (χ1) is 12.5. The van der Waals surface area contributed by atoms with Crippen LogP contribution in [0.15, 0.2) is 29.6 Å². The molecule has 1 aromatic carbocycles. The van der Waals surface area contributed by atoms with E-state index in [0.29, 0.717) is 22.8 Å². The predicted octanol–water partition coefficient (Wildman–Crippen LogP) is 2.81. The van der Waals surface area contributed by atoms with E-state index in [2.05, 4.69) is 5.32 Å². The molecule has 0 aliphatic heterocycles. The van der Waals surface area contributed by atoms with E-state index in [1.807, 2.05) is 17.5 Å². The van der Waals surface area contributed by atoms with Crippen molar-refractivity contribution in [3.63, 3.8) is 0 Å². The zero-order valence-electron chi connectivity index (χ0n) is 15.0. The van der Waals surface area contributed by atoms with E-state index >= 15 is 0 Å². The number of benzene rings is 1. The van der Waals surface area contributed by atoms with Crippen LogP contribution in [0.3, 0.4) is 0 Å². The molecule has 0 saturated carbocycles. The maximum Gasteiger partial charge on any atom is 0.307 e. The van der Waals surface area contributed by atoms with Crippen LogP contribution < -0.4 is 19.5 Å². The maximum absolute atomic E-state index is 12.7. The van der Waals surface area contributed by atoms with Crippen molar-refractivity contribution in [1.29, 1.82) is 0 Å². The minimum Gasteiger partial charge on any atom is -0.493 e. The average molecular weight is 379 g/mol. The normalized spacial score (nSPS) is 11.4. The van der Waals surface area contributed by atoms with Crippen LogP contribution in [0, 0.1) is 0 Å².